The topological polar surface area (TPSA) is 38.3 Å². The molecule has 2 atom stereocenters. The van der Waals surface area contributed by atoms with Crippen LogP contribution < -0.4 is 10.1 Å². The van der Waals surface area contributed by atoms with Gasteiger partial charge in [-0.05, 0) is 47.9 Å². The molecule has 0 aliphatic carbocycles. The molecule has 0 saturated heterocycles. The van der Waals surface area contributed by atoms with E-state index in [-0.39, 0.29) is 17.9 Å². The lowest BCUT2D eigenvalue weighted by Crippen LogP contribution is -2.30. The normalized spacial score (nSPS) is 13.2. The molecule has 3 rings (SSSR count). The first-order chi connectivity index (χ1) is 12.1. The summed E-state index contributed by atoms with van der Waals surface area (Å²) in [5.74, 6) is 0.657. The van der Waals surface area contributed by atoms with E-state index in [0.29, 0.717) is 0 Å². The van der Waals surface area contributed by atoms with Crippen LogP contribution in [-0.4, -0.2) is 13.0 Å². The molecule has 128 valence electrons. The third-order valence-corrected chi connectivity index (χ3v) is 4.62. The van der Waals surface area contributed by atoms with Gasteiger partial charge in [-0.1, -0.05) is 54.6 Å². The average molecular weight is 333 g/mol. The number of ether oxygens (including phenoxy) is 1. The molecule has 1 amide bonds. The standard InChI is InChI=1S/C22H23NO2/c1-15(22(24)23-16(2)17-7-5-4-6-8-17)18-9-10-20-14-21(25-3)12-11-19(20)13-18/h4-16H,1-3H3,(H,23,24)/t15-,16?/m0/s1. The van der Waals surface area contributed by atoms with Crippen molar-refractivity contribution in [3.63, 3.8) is 0 Å². The van der Waals surface area contributed by atoms with E-state index < -0.39 is 0 Å². The van der Waals surface area contributed by atoms with Crippen molar-refractivity contribution in [2.24, 2.45) is 0 Å². The maximum absolute atomic E-state index is 12.6. The van der Waals surface area contributed by atoms with E-state index in [1.54, 1.807) is 7.11 Å². The van der Waals surface area contributed by atoms with E-state index in [4.69, 9.17) is 4.74 Å². The lowest BCUT2D eigenvalue weighted by molar-refractivity contribution is -0.122. The van der Waals surface area contributed by atoms with Gasteiger partial charge in [0.1, 0.15) is 5.75 Å². The zero-order chi connectivity index (χ0) is 17.8. The lowest BCUT2D eigenvalue weighted by Gasteiger charge is -2.18. The van der Waals surface area contributed by atoms with Crippen LogP contribution in [0.3, 0.4) is 0 Å². The summed E-state index contributed by atoms with van der Waals surface area (Å²) in [6.07, 6.45) is 0. The molecular weight excluding hydrogens is 310 g/mol. The van der Waals surface area contributed by atoms with Crippen molar-refractivity contribution in [1.82, 2.24) is 5.32 Å². The van der Waals surface area contributed by atoms with Gasteiger partial charge in [0.2, 0.25) is 5.91 Å². The number of hydrogen-bond acceptors (Lipinski definition) is 2. The molecule has 25 heavy (non-hydrogen) atoms. The number of carbonyl (C=O) groups excluding carboxylic acids is 1. The molecule has 0 aliphatic rings. The summed E-state index contributed by atoms with van der Waals surface area (Å²) in [5, 5.41) is 5.31. The highest BCUT2D eigenvalue weighted by atomic mass is 16.5. The molecule has 3 aromatic rings. The monoisotopic (exact) mass is 333 g/mol. The Kier molecular flexibility index (Phi) is 5.03. The van der Waals surface area contributed by atoms with Gasteiger partial charge in [-0.15, -0.1) is 0 Å². The maximum atomic E-state index is 12.6. The summed E-state index contributed by atoms with van der Waals surface area (Å²) in [4.78, 5) is 12.6. The molecule has 0 heterocycles. The summed E-state index contributed by atoms with van der Waals surface area (Å²) in [5.41, 5.74) is 2.11. The first-order valence-corrected chi connectivity index (χ1v) is 8.51. The van der Waals surface area contributed by atoms with Gasteiger partial charge in [0, 0.05) is 0 Å². The number of rotatable bonds is 5. The molecule has 3 nitrogen and oxygen atoms in total. The minimum Gasteiger partial charge on any atom is -0.497 e. The van der Waals surface area contributed by atoms with Gasteiger partial charge in [0.05, 0.1) is 19.1 Å². The van der Waals surface area contributed by atoms with Gasteiger partial charge in [-0.2, -0.15) is 0 Å². The van der Waals surface area contributed by atoms with Crippen molar-refractivity contribution < 1.29 is 9.53 Å². The minimum absolute atomic E-state index is 0.0131. The summed E-state index contributed by atoms with van der Waals surface area (Å²) in [6, 6.07) is 22.1. The predicted octanol–water partition coefficient (Wildman–Crippen LogP) is 4.83. The number of amides is 1. The van der Waals surface area contributed by atoms with Crippen molar-refractivity contribution in [2.75, 3.05) is 7.11 Å². The Bertz CT molecular complexity index is 874. The number of methoxy groups -OCH3 is 1. The van der Waals surface area contributed by atoms with Gasteiger partial charge in [-0.3, -0.25) is 4.79 Å². The molecule has 0 radical (unpaired) electrons. The fraction of sp³-hybridized carbons (Fsp3) is 0.227. The van der Waals surface area contributed by atoms with Crippen LogP contribution in [0.25, 0.3) is 10.8 Å². The quantitative estimate of drug-likeness (QED) is 0.726. The van der Waals surface area contributed by atoms with E-state index in [9.17, 15) is 4.79 Å². The Morgan fingerprint density at radius 3 is 2.28 bits per heavy atom. The molecule has 1 unspecified atom stereocenters. The Balaban J connectivity index is 1.76. The van der Waals surface area contributed by atoms with Crippen molar-refractivity contribution in [3.8, 4) is 5.75 Å². The van der Waals surface area contributed by atoms with Gasteiger partial charge >= 0.3 is 0 Å². The predicted molar refractivity (Wildman–Crippen MR) is 102 cm³/mol. The van der Waals surface area contributed by atoms with Crippen LogP contribution >= 0.6 is 0 Å². The van der Waals surface area contributed by atoms with Crippen LogP contribution in [0.1, 0.15) is 36.9 Å². The second-order valence-electron chi connectivity index (χ2n) is 6.34. The first-order valence-electron chi connectivity index (χ1n) is 8.51. The fourth-order valence-corrected chi connectivity index (χ4v) is 2.95. The second-order valence-corrected chi connectivity index (χ2v) is 6.34. The van der Waals surface area contributed by atoms with Crippen molar-refractivity contribution in [2.45, 2.75) is 25.8 Å². The summed E-state index contributed by atoms with van der Waals surface area (Å²) in [6.45, 7) is 3.95. The molecule has 0 spiro atoms. The Labute approximate surface area is 148 Å². The SMILES string of the molecule is COc1ccc2cc([C@H](C)C(=O)NC(C)c3ccccc3)ccc2c1. The van der Waals surface area contributed by atoms with E-state index in [1.165, 1.54) is 0 Å². The summed E-state index contributed by atoms with van der Waals surface area (Å²) >= 11 is 0. The molecule has 0 aromatic heterocycles. The smallest absolute Gasteiger partial charge is 0.227 e. The van der Waals surface area contributed by atoms with Crippen molar-refractivity contribution >= 4 is 16.7 Å². The van der Waals surface area contributed by atoms with E-state index in [1.807, 2.05) is 74.5 Å². The largest absolute Gasteiger partial charge is 0.497 e. The highest BCUT2D eigenvalue weighted by Crippen LogP contribution is 2.25. The van der Waals surface area contributed by atoms with E-state index >= 15 is 0 Å². The molecule has 0 aliphatic heterocycles. The number of fused-ring (bicyclic) bond motifs is 1. The molecule has 3 aromatic carbocycles. The third-order valence-electron chi connectivity index (χ3n) is 4.62. The summed E-state index contributed by atoms with van der Waals surface area (Å²) < 4.78 is 5.26. The molecule has 0 bridgehead atoms. The molecular formula is C22H23NO2. The third kappa shape index (κ3) is 3.82. The number of benzene rings is 3. The maximum Gasteiger partial charge on any atom is 0.227 e. The summed E-state index contributed by atoms with van der Waals surface area (Å²) in [7, 11) is 1.66. The average Bonchev–Trinajstić information content (AvgIpc) is 2.67. The van der Waals surface area contributed by atoms with Crippen LogP contribution in [-0.2, 0) is 4.79 Å². The molecule has 1 N–H and O–H groups in total. The molecule has 0 fully saturated rings. The zero-order valence-corrected chi connectivity index (χ0v) is 14.8. The van der Waals surface area contributed by atoms with Crippen LogP contribution in [0, 0.1) is 0 Å². The van der Waals surface area contributed by atoms with E-state index in [0.717, 1.165) is 27.6 Å². The van der Waals surface area contributed by atoms with Crippen LogP contribution in [0.15, 0.2) is 66.7 Å². The van der Waals surface area contributed by atoms with Crippen molar-refractivity contribution in [1.29, 1.82) is 0 Å². The minimum atomic E-state index is -0.210. The van der Waals surface area contributed by atoms with Crippen LogP contribution in [0.4, 0.5) is 0 Å². The Hall–Kier alpha value is -2.81. The number of hydrogen-bond donors (Lipinski definition) is 1. The van der Waals surface area contributed by atoms with Crippen LogP contribution in [0.2, 0.25) is 0 Å². The van der Waals surface area contributed by atoms with Crippen molar-refractivity contribution in [3.05, 3.63) is 77.9 Å². The highest BCUT2D eigenvalue weighted by molar-refractivity contribution is 5.88. The molecule has 3 heteroatoms. The first kappa shape index (κ1) is 17.0. The fourth-order valence-electron chi connectivity index (χ4n) is 2.95. The second kappa shape index (κ2) is 7.39. The lowest BCUT2D eigenvalue weighted by atomic mass is 9.96. The van der Waals surface area contributed by atoms with Gasteiger partial charge in [0.15, 0.2) is 0 Å². The Morgan fingerprint density at radius 2 is 1.56 bits per heavy atom. The van der Waals surface area contributed by atoms with Gasteiger partial charge in [-0.25, -0.2) is 0 Å². The van der Waals surface area contributed by atoms with Crippen LogP contribution in [0.5, 0.6) is 5.75 Å². The highest BCUT2D eigenvalue weighted by Gasteiger charge is 2.18. The zero-order valence-electron chi connectivity index (χ0n) is 14.8. The van der Waals surface area contributed by atoms with Gasteiger partial charge < -0.3 is 10.1 Å². The molecule has 0 saturated carbocycles. The number of nitrogens with one attached hydrogen (secondary N) is 1. The van der Waals surface area contributed by atoms with Gasteiger partial charge in [0.25, 0.3) is 0 Å². The van der Waals surface area contributed by atoms with E-state index in [2.05, 4.69) is 11.4 Å². The Morgan fingerprint density at radius 1 is 0.880 bits per heavy atom. The number of carbonyl (C=O) groups is 1.